The number of rotatable bonds is 8. The molecular formula is C26H29F3N4O5S3. The number of aromatic nitrogens is 1. The standard InChI is InChI=1S/C26H29F3N4O5S3/c1-25(34,26(27,28)29)19-9-11-20(12-10-19)33-15-14-32(41(37,38)24-8-4-3-7-23(24)39)18-21(33)17-31(2)40(35,36)22-6-5-13-30-16-22/h3-6,8-13,16,21,34H,7,14-15,17-18H2,1-2H3/t21-,25-/m0/s1. The Bertz CT molecular complexity index is 1560. The number of piperazine rings is 1. The minimum Gasteiger partial charge on any atom is -0.376 e. The van der Waals surface area contributed by atoms with Crippen LogP contribution < -0.4 is 4.90 Å². The molecule has 1 saturated heterocycles. The molecule has 15 heteroatoms. The largest absolute Gasteiger partial charge is 0.421 e. The first kappa shape index (κ1) is 31.3. The smallest absolute Gasteiger partial charge is 0.376 e. The van der Waals surface area contributed by atoms with E-state index >= 15 is 0 Å². The molecule has 9 nitrogen and oxygen atoms in total. The Labute approximate surface area is 242 Å². The lowest BCUT2D eigenvalue weighted by atomic mass is 9.95. The second-order valence-corrected chi connectivity index (χ2v) is 14.3. The third kappa shape index (κ3) is 6.24. The minimum absolute atomic E-state index is 0.0114. The number of hydrogen-bond acceptors (Lipinski definition) is 8. The fourth-order valence-corrected chi connectivity index (χ4v) is 7.89. The summed E-state index contributed by atoms with van der Waals surface area (Å²) in [4.78, 5) is 5.85. The van der Waals surface area contributed by atoms with E-state index in [0.29, 0.717) is 19.0 Å². The zero-order valence-corrected chi connectivity index (χ0v) is 24.6. The zero-order valence-electron chi connectivity index (χ0n) is 22.2. The molecule has 1 fully saturated rings. The summed E-state index contributed by atoms with van der Waals surface area (Å²) < 4.78 is 96.0. The quantitative estimate of drug-likeness (QED) is 0.443. The first-order chi connectivity index (χ1) is 19.1. The molecule has 0 spiro atoms. The number of thiocarbonyl (C=S) groups is 1. The van der Waals surface area contributed by atoms with Gasteiger partial charge in [-0.2, -0.15) is 21.8 Å². The maximum atomic E-state index is 13.5. The van der Waals surface area contributed by atoms with E-state index in [1.165, 1.54) is 54.1 Å². The molecule has 0 amide bonds. The summed E-state index contributed by atoms with van der Waals surface area (Å²) in [5.74, 6) is 0. The highest BCUT2D eigenvalue weighted by Gasteiger charge is 2.51. The molecule has 2 heterocycles. The SMILES string of the molecule is CN(C[C@H]1CN(S(=O)(=O)C2=CC=CCC2=S)CCN1c1ccc([C@](C)(O)C(F)(F)F)cc1)S(=O)(=O)c1cccnc1. The van der Waals surface area contributed by atoms with Crippen molar-refractivity contribution in [1.29, 1.82) is 0 Å². The van der Waals surface area contributed by atoms with Crippen LogP contribution >= 0.6 is 12.2 Å². The van der Waals surface area contributed by atoms with Crippen LogP contribution in [0.4, 0.5) is 18.9 Å². The van der Waals surface area contributed by atoms with Gasteiger partial charge >= 0.3 is 6.18 Å². The number of benzene rings is 1. The van der Waals surface area contributed by atoms with Gasteiger partial charge in [-0.05, 0) is 42.8 Å². The van der Waals surface area contributed by atoms with E-state index in [4.69, 9.17) is 12.2 Å². The number of pyridine rings is 1. The lowest BCUT2D eigenvalue weighted by Crippen LogP contribution is -2.58. The predicted octanol–water partition coefficient (Wildman–Crippen LogP) is 3.21. The molecular weight excluding hydrogens is 602 g/mol. The van der Waals surface area contributed by atoms with Crippen molar-refractivity contribution in [1.82, 2.24) is 13.6 Å². The van der Waals surface area contributed by atoms with Crippen molar-refractivity contribution in [2.75, 3.05) is 38.1 Å². The van der Waals surface area contributed by atoms with Gasteiger partial charge in [-0.25, -0.2) is 16.8 Å². The number of nitrogens with zero attached hydrogens (tertiary/aromatic N) is 4. The van der Waals surface area contributed by atoms with Gasteiger partial charge in [-0.15, -0.1) is 0 Å². The Morgan fingerprint density at radius 2 is 1.80 bits per heavy atom. The van der Waals surface area contributed by atoms with Crippen molar-refractivity contribution in [2.24, 2.45) is 0 Å². The van der Waals surface area contributed by atoms with E-state index in [0.717, 1.165) is 16.4 Å². The average molecular weight is 631 g/mol. The summed E-state index contributed by atoms with van der Waals surface area (Å²) in [5.41, 5.74) is -3.00. The van der Waals surface area contributed by atoms with Gasteiger partial charge in [0.25, 0.3) is 0 Å². The van der Waals surface area contributed by atoms with Crippen LogP contribution in [-0.2, 0) is 25.6 Å². The number of anilines is 1. The lowest BCUT2D eigenvalue weighted by molar-refractivity contribution is -0.258. The molecule has 0 bridgehead atoms. The van der Waals surface area contributed by atoms with Crippen molar-refractivity contribution in [3.05, 3.63) is 77.5 Å². The predicted molar refractivity (Wildman–Crippen MR) is 152 cm³/mol. The van der Waals surface area contributed by atoms with Crippen LogP contribution in [0.5, 0.6) is 0 Å². The van der Waals surface area contributed by atoms with Crippen LogP contribution in [0.3, 0.4) is 0 Å². The topological polar surface area (TPSA) is 111 Å². The summed E-state index contributed by atoms with van der Waals surface area (Å²) in [6.07, 6.45) is 2.85. The second-order valence-electron chi connectivity index (χ2n) is 9.89. The van der Waals surface area contributed by atoms with Gasteiger partial charge in [0, 0.05) is 62.6 Å². The number of allylic oxidation sites excluding steroid dienone is 4. The van der Waals surface area contributed by atoms with Gasteiger partial charge in [0.15, 0.2) is 5.60 Å². The molecule has 1 N–H and O–H groups in total. The molecule has 2 aliphatic rings. The number of likely N-dealkylation sites (N-methyl/N-ethyl adjacent to an activating group) is 1. The van der Waals surface area contributed by atoms with Crippen LogP contribution in [0.25, 0.3) is 0 Å². The third-order valence-corrected chi connectivity index (χ3v) is 11.4. The minimum atomic E-state index is -4.90. The van der Waals surface area contributed by atoms with Crippen molar-refractivity contribution >= 4 is 42.8 Å². The third-order valence-electron chi connectivity index (χ3n) is 7.15. The molecule has 2 aromatic rings. The monoisotopic (exact) mass is 630 g/mol. The summed E-state index contributed by atoms with van der Waals surface area (Å²) in [6.45, 7) is 0.557. The first-order valence-electron chi connectivity index (χ1n) is 12.5. The molecule has 1 aliphatic carbocycles. The molecule has 0 saturated carbocycles. The van der Waals surface area contributed by atoms with E-state index in [1.54, 1.807) is 17.1 Å². The molecule has 1 aromatic carbocycles. The highest BCUT2D eigenvalue weighted by atomic mass is 32.2. The summed E-state index contributed by atoms with van der Waals surface area (Å²) in [6, 6.07) is 7.24. The van der Waals surface area contributed by atoms with Crippen molar-refractivity contribution < 1.29 is 35.1 Å². The van der Waals surface area contributed by atoms with E-state index in [-0.39, 0.29) is 46.4 Å². The Hall–Kier alpha value is -2.69. The van der Waals surface area contributed by atoms with Crippen LogP contribution in [0.2, 0.25) is 0 Å². The van der Waals surface area contributed by atoms with Crippen LogP contribution in [0, 0.1) is 0 Å². The Balaban J connectivity index is 1.67. The van der Waals surface area contributed by atoms with Crippen molar-refractivity contribution in [3.63, 3.8) is 0 Å². The fourth-order valence-electron chi connectivity index (χ4n) is 4.65. The highest BCUT2D eigenvalue weighted by Crippen LogP contribution is 2.39. The molecule has 0 radical (unpaired) electrons. The van der Waals surface area contributed by atoms with E-state index in [9.17, 15) is 35.1 Å². The summed E-state index contributed by atoms with van der Waals surface area (Å²) >= 11 is 5.29. The average Bonchev–Trinajstić information content (AvgIpc) is 2.93. The number of aliphatic hydroxyl groups is 1. The molecule has 0 unspecified atom stereocenters. The van der Waals surface area contributed by atoms with E-state index in [1.807, 2.05) is 0 Å². The normalized spacial score (nSPS) is 20.7. The molecule has 4 rings (SSSR count). The summed E-state index contributed by atoms with van der Waals surface area (Å²) in [7, 11) is -6.63. The van der Waals surface area contributed by atoms with E-state index in [2.05, 4.69) is 4.98 Å². The molecule has 41 heavy (non-hydrogen) atoms. The Morgan fingerprint density at radius 1 is 1.12 bits per heavy atom. The van der Waals surface area contributed by atoms with Gasteiger partial charge in [0.05, 0.1) is 10.9 Å². The Morgan fingerprint density at radius 3 is 2.39 bits per heavy atom. The van der Waals surface area contributed by atoms with Gasteiger partial charge < -0.3 is 10.0 Å². The molecule has 1 aromatic heterocycles. The first-order valence-corrected chi connectivity index (χ1v) is 15.8. The van der Waals surface area contributed by atoms with Gasteiger partial charge in [0.2, 0.25) is 20.0 Å². The van der Waals surface area contributed by atoms with Crippen molar-refractivity contribution in [2.45, 2.75) is 36.1 Å². The second kappa shape index (κ2) is 11.5. The number of sulfonamides is 2. The Kier molecular flexibility index (Phi) is 8.79. The highest BCUT2D eigenvalue weighted by molar-refractivity contribution is 7.96. The van der Waals surface area contributed by atoms with Crippen LogP contribution in [0.15, 0.2) is 76.8 Å². The van der Waals surface area contributed by atoms with Gasteiger partial charge in [-0.1, -0.05) is 36.5 Å². The fraction of sp³-hybridized carbons (Fsp3) is 0.385. The van der Waals surface area contributed by atoms with Gasteiger partial charge in [0.1, 0.15) is 4.90 Å². The van der Waals surface area contributed by atoms with Crippen molar-refractivity contribution in [3.8, 4) is 0 Å². The summed E-state index contributed by atoms with van der Waals surface area (Å²) in [5, 5.41) is 10.1. The maximum absolute atomic E-state index is 13.5. The zero-order chi connectivity index (χ0) is 30.2. The lowest BCUT2D eigenvalue weighted by Gasteiger charge is -2.43. The molecule has 1 aliphatic heterocycles. The van der Waals surface area contributed by atoms with Gasteiger partial charge in [-0.3, -0.25) is 4.98 Å². The maximum Gasteiger partial charge on any atom is 0.421 e. The number of halogens is 3. The number of hydrogen-bond donors (Lipinski definition) is 1. The number of alkyl halides is 3. The van der Waals surface area contributed by atoms with Crippen LogP contribution in [0.1, 0.15) is 18.9 Å². The molecule has 2 atom stereocenters. The molecule has 222 valence electrons. The van der Waals surface area contributed by atoms with E-state index < -0.39 is 37.9 Å². The van der Waals surface area contributed by atoms with Crippen LogP contribution in [-0.4, -0.2) is 85.8 Å².